The highest BCUT2D eigenvalue weighted by Crippen LogP contribution is 2.23. The summed E-state index contributed by atoms with van der Waals surface area (Å²) in [6.07, 6.45) is 0. The minimum Gasteiger partial charge on any atom is -0.478 e. The van der Waals surface area contributed by atoms with Gasteiger partial charge in [-0.1, -0.05) is 0 Å². The van der Waals surface area contributed by atoms with Crippen LogP contribution in [0.4, 0.5) is 5.82 Å². The third-order valence-corrected chi connectivity index (χ3v) is 3.61. The van der Waals surface area contributed by atoms with E-state index in [2.05, 4.69) is 20.3 Å². The van der Waals surface area contributed by atoms with Gasteiger partial charge in [0.25, 0.3) is 0 Å². The van der Waals surface area contributed by atoms with E-state index < -0.39 is 5.97 Å². The van der Waals surface area contributed by atoms with E-state index >= 15 is 0 Å². The van der Waals surface area contributed by atoms with Gasteiger partial charge in [0, 0.05) is 11.4 Å². The minimum absolute atomic E-state index is 0.0533. The van der Waals surface area contributed by atoms with E-state index in [0.717, 1.165) is 0 Å². The van der Waals surface area contributed by atoms with Crippen molar-refractivity contribution in [1.29, 1.82) is 0 Å². The number of ether oxygens (including phenoxy) is 1. The number of nitrogens with one attached hydrogen (secondary N) is 1. The maximum atomic E-state index is 10.8. The Balaban J connectivity index is 2.14. The fraction of sp³-hybridized carbons (Fsp3) is 0.385. The van der Waals surface area contributed by atoms with Crippen molar-refractivity contribution in [2.24, 2.45) is 0 Å². The third-order valence-electron chi connectivity index (χ3n) is 2.58. The number of nitrogens with zero attached hydrogens (tertiary/aromatic N) is 3. The quantitative estimate of drug-likeness (QED) is 0.846. The number of aryl methyl sites for hydroxylation is 1. The fourth-order valence-corrected chi connectivity index (χ4v) is 2.50. The van der Waals surface area contributed by atoms with Crippen molar-refractivity contribution < 1.29 is 14.6 Å². The van der Waals surface area contributed by atoms with Crippen LogP contribution in [0.2, 0.25) is 0 Å². The Kier molecular flexibility index (Phi) is 4.69. The molecule has 0 aliphatic heterocycles. The summed E-state index contributed by atoms with van der Waals surface area (Å²) in [5, 5.41) is 14.3. The topological polar surface area (TPSA) is 97.2 Å². The summed E-state index contributed by atoms with van der Waals surface area (Å²) in [6.45, 7) is 6.09. The van der Waals surface area contributed by atoms with E-state index in [1.165, 1.54) is 16.7 Å². The zero-order valence-corrected chi connectivity index (χ0v) is 12.8. The number of thiazole rings is 1. The van der Waals surface area contributed by atoms with E-state index in [9.17, 15) is 4.79 Å². The first kappa shape index (κ1) is 15.2. The molecule has 7 nitrogen and oxygen atoms in total. The first-order valence-corrected chi connectivity index (χ1v) is 7.31. The maximum Gasteiger partial charge on any atom is 0.355 e. The van der Waals surface area contributed by atoms with Gasteiger partial charge in [-0.05, 0) is 20.8 Å². The zero-order valence-electron chi connectivity index (χ0n) is 12.0. The highest BCUT2D eigenvalue weighted by molar-refractivity contribution is 7.09. The largest absolute Gasteiger partial charge is 0.478 e. The number of carboxylic acid groups (broad SMARTS) is 1. The molecule has 2 N–H and O–H groups in total. The van der Waals surface area contributed by atoms with Gasteiger partial charge in [0.2, 0.25) is 5.88 Å². The average molecular weight is 308 g/mol. The lowest BCUT2D eigenvalue weighted by molar-refractivity contribution is 0.0691. The SMILES string of the molecule is CCOc1cc(NC(C)c2nc(C(=O)O)cs2)nc(C)n1. The second-order valence-corrected chi connectivity index (χ2v) is 5.20. The van der Waals surface area contributed by atoms with Crippen LogP contribution in [0.1, 0.15) is 41.2 Å². The predicted octanol–water partition coefficient (Wildman–Crippen LogP) is 2.51. The Morgan fingerprint density at radius 2 is 2.24 bits per heavy atom. The van der Waals surface area contributed by atoms with Crippen LogP contribution in [-0.4, -0.2) is 32.6 Å². The van der Waals surface area contributed by atoms with Crippen molar-refractivity contribution >= 4 is 23.1 Å². The molecule has 0 amide bonds. The Bertz CT molecular complexity index is 644. The summed E-state index contributed by atoms with van der Waals surface area (Å²) in [6, 6.07) is 1.55. The predicted molar refractivity (Wildman–Crippen MR) is 79.0 cm³/mol. The van der Waals surface area contributed by atoms with Crippen molar-refractivity contribution in [2.75, 3.05) is 11.9 Å². The van der Waals surface area contributed by atoms with Crippen LogP contribution < -0.4 is 10.1 Å². The van der Waals surface area contributed by atoms with Gasteiger partial charge in [-0.3, -0.25) is 0 Å². The number of anilines is 1. The molecule has 2 heterocycles. The molecule has 0 fully saturated rings. The highest BCUT2D eigenvalue weighted by atomic mass is 32.1. The molecule has 1 atom stereocenters. The molecule has 2 rings (SSSR count). The van der Waals surface area contributed by atoms with Gasteiger partial charge in [0.05, 0.1) is 12.6 Å². The molecule has 21 heavy (non-hydrogen) atoms. The van der Waals surface area contributed by atoms with Crippen LogP contribution in [0.25, 0.3) is 0 Å². The molecule has 0 aliphatic rings. The van der Waals surface area contributed by atoms with Gasteiger partial charge < -0.3 is 15.2 Å². The molecule has 0 spiro atoms. The number of rotatable bonds is 6. The molecule has 2 aromatic heterocycles. The van der Waals surface area contributed by atoms with Gasteiger partial charge in [-0.15, -0.1) is 11.3 Å². The van der Waals surface area contributed by atoms with E-state index in [-0.39, 0.29) is 11.7 Å². The molecule has 8 heteroatoms. The molecule has 112 valence electrons. The van der Waals surface area contributed by atoms with Crippen LogP contribution in [0.3, 0.4) is 0 Å². The van der Waals surface area contributed by atoms with Crippen LogP contribution >= 0.6 is 11.3 Å². The summed E-state index contributed by atoms with van der Waals surface area (Å²) in [7, 11) is 0. The Morgan fingerprint density at radius 1 is 1.48 bits per heavy atom. The monoisotopic (exact) mass is 308 g/mol. The van der Waals surface area contributed by atoms with Gasteiger partial charge >= 0.3 is 5.97 Å². The number of aromatic nitrogens is 3. The van der Waals surface area contributed by atoms with Crippen LogP contribution in [-0.2, 0) is 0 Å². The van der Waals surface area contributed by atoms with Crippen molar-refractivity contribution in [3.63, 3.8) is 0 Å². The third kappa shape index (κ3) is 3.88. The lowest BCUT2D eigenvalue weighted by Crippen LogP contribution is -2.10. The van der Waals surface area contributed by atoms with Crippen LogP contribution in [0.5, 0.6) is 5.88 Å². The maximum absolute atomic E-state index is 10.8. The van der Waals surface area contributed by atoms with E-state index in [0.29, 0.717) is 29.1 Å². The Morgan fingerprint density at radius 3 is 2.86 bits per heavy atom. The molecule has 0 saturated carbocycles. The smallest absolute Gasteiger partial charge is 0.355 e. The molecular weight excluding hydrogens is 292 g/mol. The molecule has 0 radical (unpaired) electrons. The number of aromatic carboxylic acids is 1. The average Bonchev–Trinajstić information content (AvgIpc) is 2.88. The van der Waals surface area contributed by atoms with Crippen LogP contribution in [0, 0.1) is 6.92 Å². The van der Waals surface area contributed by atoms with Crippen molar-refractivity contribution in [3.05, 3.63) is 28.0 Å². The lowest BCUT2D eigenvalue weighted by Gasteiger charge is -2.13. The van der Waals surface area contributed by atoms with Gasteiger partial charge in [-0.25, -0.2) is 14.8 Å². The van der Waals surface area contributed by atoms with Gasteiger partial charge in [0.15, 0.2) is 5.69 Å². The Hall–Kier alpha value is -2.22. The summed E-state index contributed by atoms with van der Waals surface area (Å²) in [5.41, 5.74) is 0.0533. The highest BCUT2D eigenvalue weighted by Gasteiger charge is 2.15. The molecular formula is C13H16N4O3S. The van der Waals surface area contributed by atoms with Crippen molar-refractivity contribution in [3.8, 4) is 5.88 Å². The number of hydrogen-bond acceptors (Lipinski definition) is 7. The molecule has 0 aliphatic carbocycles. The summed E-state index contributed by atoms with van der Waals surface area (Å²) in [5.74, 6) is 0.692. The normalized spacial score (nSPS) is 12.0. The fourth-order valence-electron chi connectivity index (χ4n) is 1.70. The van der Waals surface area contributed by atoms with Gasteiger partial charge in [-0.2, -0.15) is 4.98 Å². The molecule has 0 saturated heterocycles. The van der Waals surface area contributed by atoms with Crippen LogP contribution in [0.15, 0.2) is 11.4 Å². The van der Waals surface area contributed by atoms with E-state index in [4.69, 9.17) is 9.84 Å². The second kappa shape index (κ2) is 6.49. The Labute approximate surface area is 126 Å². The standard InChI is InChI=1S/C13H16N4O3S/c1-4-20-11-5-10(15-8(3)16-11)14-7(2)12-17-9(6-21-12)13(18)19/h5-7H,4H2,1-3H3,(H,18,19)(H,14,15,16). The zero-order chi connectivity index (χ0) is 15.4. The van der Waals surface area contributed by atoms with E-state index in [1.807, 2.05) is 13.8 Å². The lowest BCUT2D eigenvalue weighted by atomic mass is 10.3. The number of carbonyl (C=O) groups is 1. The summed E-state index contributed by atoms with van der Waals surface area (Å²) >= 11 is 1.29. The van der Waals surface area contributed by atoms with E-state index in [1.54, 1.807) is 13.0 Å². The molecule has 2 aromatic rings. The minimum atomic E-state index is -1.03. The van der Waals surface area contributed by atoms with Gasteiger partial charge in [0.1, 0.15) is 16.6 Å². The molecule has 1 unspecified atom stereocenters. The second-order valence-electron chi connectivity index (χ2n) is 4.31. The first-order chi connectivity index (χ1) is 9.99. The summed E-state index contributed by atoms with van der Waals surface area (Å²) in [4.78, 5) is 23.4. The van der Waals surface area contributed by atoms with Crippen molar-refractivity contribution in [1.82, 2.24) is 15.0 Å². The first-order valence-electron chi connectivity index (χ1n) is 6.43. The van der Waals surface area contributed by atoms with Crippen molar-refractivity contribution in [2.45, 2.75) is 26.8 Å². The number of hydrogen-bond donors (Lipinski definition) is 2. The number of carboxylic acids is 1. The molecule has 0 bridgehead atoms. The molecule has 0 aromatic carbocycles. The summed E-state index contributed by atoms with van der Waals surface area (Å²) < 4.78 is 5.37.